The third-order valence-electron chi connectivity index (χ3n) is 3.21. The van der Waals surface area contributed by atoms with Crippen LogP contribution in [-0.2, 0) is 11.3 Å². The van der Waals surface area contributed by atoms with Crippen molar-refractivity contribution in [3.8, 4) is 0 Å². The Hall–Kier alpha value is -2.10. The lowest BCUT2D eigenvalue weighted by atomic mass is 10.1. The second-order valence-corrected chi connectivity index (χ2v) is 5.58. The van der Waals surface area contributed by atoms with Crippen LogP contribution < -0.4 is 5.56 Å². The predicted molar refractivity (Wildman–Crippen MR) is 83.6 cm³/mol. The van der Waals surface area contributed by atoms with Crippen molar-refractivity contribution in [2.75, 3.05) is 6.61 Å². The molecule has 1 aromatic carbocycles. The first kappa shape index (κ1) is 15.3. The summed E-state index contributed by atoms with van der Waals surface area (Å²) in [4.78, 5) is 24.7. The zero-order valence-electron chi connectivity index (χ0n) is 12.8. The molecule has 0 amide bonds. The number of nitrogens with zero attached hydrogens (tertiary/aromatic N) is 1. The smallest absolute Gasteiger partial charge is 0.340 e. The minimum atomic E-state index is -0.370. The fraction of sp³-hybridized carbons (Fsp3) is 0.412. The van der Waals surface area contributed by atoms with Gasteiger partial charge in [0.15, 0.2) is 0 Å². The zero-order chi connectivity index (χ0) is 15.4. The zero-order valence-corrected chi connectivity index (χ0v) is 12.8. The molecule has 4 heteroatoms. The molecule has 0 fully saturated rings. The van der Waals surface area contributed by atoms with Crippen molar-refractivity contribution in [1.29, 1.82) is 0 Å². The van der Waals surface area contributed by atoms with Crippen LogP contribution in [0.15, 0.2) is 35.3 Å². The predicted octanol–water partition coefficient (Wildman–Crippen LogP) is 3.22. The van der Waals surface area contributed by atoms with Crippen molar-refractivity contribution >= 4 is 16.7 Å². The first-order valence-electron chi connectivity index (χ1n) is 7.34. The van der Waals surface area contributed by atoms with Gasteiger partial charge in [-0.2, -0.15) is 0 Å². The summed E-state index contributed by atoms with van der Waals surface area (Å²) in [7, 11) is 0. The van der Waals surface area contributed by atoms with Gasteiger partial charge in [-0.1, -0.05) is 39.0 Å². The van der Waals surface area contributed by atoms with Crippen LogP contribution in [0.4, 0.5) is 0 Å². The van der Waals surface area contributed by atoms with Gasteiger partial charge < -0.3 is 9.30 Å². The summed E-state index contributed by atoms with van der Waals surface area (Å²) in [6.45, 7) is 6.99. The summed E-state index contributed by atoms with van der Waals surface area (Å²) < 4.78 is 6.84. The number of aromatic nitrogens is 1. The quantitative estimate of drug-likeness (QED) is 0.793. The van der Waals surface area contributed by atoms with Crippen LogP contribution in [-0.4, -0.2) is 17.1 Å². The van der Waals surface area contributed by atoms with Crippen molar-refractivity contribution in [2.45, 2.75) is 33.7 Å². The summed E-state index contributed by atoms with van der Waals surface area (Å²) in [5.41, 5.74) is 0.394. The van der Waals surface area contributed by atoms with E-state index in [4.69, 9.17) is 4.74 Å². The molecule has 0 aliphatic rings. The molecule has 21 heavy (non-hydrogen) atoms. The van der Waals surface area contributed by atoms with Crippen molar-refractivity contribution in [2.24, 2.45) is 5.92 Å². The number of carbonyl (C=O) groups excluding carboxylic acids is 1. The summed E-state index contributed by atoms with van der Waals surface area (Å²) in [6.07, 6.45) is 2.40. The Morgan fingerprint density at radius 3 is 2.52 bits per heavy atom. The molecule has 0 atom stereocenters. The first-order valence-corrected chi connectivity index (χ1v) is 7.34. The second kappa shape index (κ2) is 6.57. The van der Waals surface area contributed by atoms with Crippen LogP contribution in [0.3, 0.4) is 0 Å². The summed E-state index contributed by atoms with van der Waals surface area (Å²) in [5, 5.41) is 1.22. The highest BCUT2D eigenvalue weighted by Gasteiger charge is 2.16. The Labute approximate surface area is 124 Å². The van der Waals surface area contributed by atoms with E-state index in [-0.39, 0.29) is 11.5 Å². The van der Waals surface area contributed by atoms with E-state index in [1.54, 1.807) is 22.9 Å². The van der Waals surface area contributed by atoms with E-state index in [9.17, 15) is 9.59 Å². The van der Waals surface area contributed by atoms with Gasteiger partial charge in [-0.05, 0) is 18.4 Å². The number of esters is 1. The van der Waals surface area contributed by atoms with E-state index in [1.807, 2.05) is 32.9 Å². The topological polar surface area (TPSA) is 48.3 Å². The van der Waals surface area contributed by atoms with E-state index in [1.165, 1.54) is 0 Å². The van der Waals surface area contributed by atoms with Crippen molar-refractivity contribution < 1.29 is 9.53 Å². The SMILES string of the molecule is CCCOC(=O)c1cn(CC(C)C)c(=O)c2ccccc12. The number of ether oxygens (including phenoxy) is 1. The monoisotopic (exact) mass is 287 g/mol. The van der Waals surface area contributed by atoms with E-state index in [0.717, 1.165) is 6.42 Å². The van der Waals surface area contributed by atoms with Gasteiger partial charge in [0.05, 0.1) is 12.2 Å². The second-order valence-electron chi connectivity index (χ2n) is 5.58. The van der Waals surface area contributed by atoms with Crippen LogP contribution in [0, 0.1) is 5.92 Å². The highest BCUT2D eigenvalue weighted by Crippen LogP contribution is 2.17. The molecule has 2 aromatic rings. The maximum Gasteiger partial charge on any atom is 0.340 e. The molecule has 0 saturated carbocycles. The van der Waals surface area contributed by atoms with Crippen molar-refractivity contribution in [3.63, 3.8) is 0 Å². The lowest BCUT2D eigenvalue weighted by Crippen LogP contribution is -2.24. The summed E-state index contributed by atoms with van der Waals surface area (Å²) in [6, 6.07) is 7.18. The van der Waals surface area contributed by atoms with Gasteiger partial charge in [0.1, 0.15) is 0 Å². The Bertz CT molecular complexity index is 701. The molecular formula is C17H21NO3. The number of benzene rings is 1. The number of carbonyl (C=O) groups is 1. The fourth-order valence-corrected chi connectivity index (χ4v) is 2.31. The normalized spacial score (nSPS) is 11.0. The van der Waals surface area contributed by atoms with Gasteiger partial charge in [0.2, 0.25) is 0 Å². The molecule has 112 valence electrons. The van der Waals surface area contributed by atoms with Crippen molar-refractivity contribution in [1.82, 2.24) is 4.57 Å². The number of fused-ring (bicyclic) bond motifs is 1. The molecule has 0 spiro atoms. The van der Waals surface area contributed by atoms with Gasteiger partial charge in [0.25, 0.3) is 5.56 Å². The number of pyridine rings is 1. The molecule has 0 unspecified atom stereocenters. The lowest BCUT2D eigenvalue weighted by molar-refractivity contribution is 0.0506. The van der Waals surface area contributed by atoms with Crippen LogP contribution in [0.25, 0.3) is 10.8 Å². The highest BCUT2D eigenvalue weighted by molar-refractivity contribution is 6.03. The van der Waals surface area contributed by atoms with Crippen molar-refractivity contribution in [3.05, 3.63) is 46.4 Å². The Morgan fingerprint density at radius 1 is 1.24 bits per heavy atom. The van der Waals surface area contributed by atoms with Gasteiger partial charge in [0, 0.05) is 23.5 Å². The third kappa shape index (κ3) is 3.32. The minimum absolute atomic E-state index is 0.0636. The maximum atomic E-state index is 12.5. The van der Waals surface area contributed by atoms with Crippen LogP contribution in [0.1, 0.15) is 37.6 Å². The van der Waals surface area contributed by atoms with E-state index >= 15 is 0 Å². The molecule has 1 aromatic heterocycles. The standard InChI is InChI=1S/C17H21NO3/c1-4-9-21-17(20)15-11-18(10-12(2)3)16(19)14-8-6-5-7-13(14)15/h5-8,11-12H,4,9-10H2,1-3H3. The largest absolute Gasteiger partial charge is 0.462 e. The lowest BCUT2D eigenvalue weighted by Gasteiger charge is -2.13. The molecule has 2 rings (SSSR count). The average molecular weight is 287 g/mol. The average Bonchev–Trinajstić information content (AvgIpc) is 2.47. The van der Waals surface area contributed by atoms with Gasteiger partial charge in [-0.15, -0.1) is 0 Å². The first-order chi connectivity index (χ1) is 10.0. The summed E-state index contributed by atoms with van der Waals surface area (Å²) >= 11 is 0. The van der Waals surface area contributed by atoms with Crippen LogP contribution in [0.2, 0.25) is 0 Å². The molecule has 0 bridgehead atoms. The van der Waals surface area contributed by atoms with E-state index in [2.05, 4.69) is 0 Å². The molecule has 0 aliphatic carbocycles. The van der Waals surface area contributed by atoms with Gasteiger partial charge >= 0.3 is 5.97 Å². The Balaban J connectivity index is 2.59. The molecule has 1 heterocycles. The van der Waals surface area contributed by atoms with Crippen LogP contribution in [0.5, 0.6) is 0 Å². The Kier molecular flexibility index (Phi) is 4.78. The molecule has 0 aliphatic heterocycles. The van der Waals surface area contributed by atoms with Crippen LogP contribution >= 0.6 is 0 Å². The van der Waals surface area contributed by atoms with Gasteiger partial charge in [-0.25, -0.2) is 4.79 Å². The Morgan fingerprint density at radius 2 is 1.90 bits per heavy atom. The highest BCUT2D eigenvalue weighted by atomic mass is 16.5. The maximum absolute atomic E-state index is 12.5. The van der Waals surface area contributed by atoms with E-state index in [0.29, 0.717) is 35.4 Å². The molecule has 0 saturated heterocycles. The number of rotatable bonds is 5. The third-order valence-corrected chi connectivity index (χ3v) is 3.21. The summed E-state index contributed by atoms with van der Waals surface area (Å²) in [5.74, 6) is -0.0473. The molecule has 0 radical (unpaired) electrons. The molecule has 0 N–H and O–H groups in total. The fourth-order valence-electron chi connectivity index (χ4n) is 2.31. The number of hydrogen-bond acceptors (Lipinski definition) is 3. The minimum Gasteiger partial charge on any atom is -0.462 e. The molecule has 4 nitrogen and oxygen atoms in total. The van der Waals surface area contributed by atoms with Gasteiger partial charge in [-0.3, -0.25) is 4.79 Å². The van der Waals surface area contributed by atoms with E-state index < -0.39 is 0 Å². The number of hydrogen-bond donors (Lipinski definition) is 0. The molecular weight excluding hydrogens is 266 g/mol.